The van der Waals surface area contributed by atoms with Crippen LogP contribution in [-0.2, 0) is 10.3 Å². The first kappa shape index (κ1) is 16.2. The molecular weight excluding hydrogens is 304 g/mol. The van der Waals surface area contributed by atoms with Crippen LogP contribution in [0.3, 0.4) is 0 Å². The minimum Gasteiger partial charge on any atom is -0.387 e. The standard InChI is InChI=1S/C19H20N2O3/c1-13-8-10-15(11-9-13)19(2)17(23)21(18(24)20-19)12-16(22)14-6-4-3-5-7-14/h3-11,16,22H,12H2,1-2H3,(H,20,24)/t16-,19-/m0/s1. The summed E-state index contributed by atoms with van der Waals surface area (Å²) < 4.78 is 0. The third-order valence-electron chi connectivity index (χ3n) is 4.44. The van der Waals surface area contributed by atoms with Crippen molar-refractivity contribution < 1.29 is 14.7 Å². The molecule has 1 heterocycles. The summed E-state index contributed by atoms with van der Waals surface area (Å²) in [5, 5.41) is 13.1. The summed E-state index contributed by atoms with van der Waals surface area (Å²) in [5.41, 5.74) is 1.36. The Morgan fingerprint density at radius 2 is 1.71 bits per heavy atom. The quantitative estimate of drug-likeness (QED) is 0.849. The van der Waals surface area contributed by atoms with Crippen LogP contribution in [0.5, 0.6) is 0 Å². The van der Waals surface area contributed by atoms with Gasteiger partial charge in [-0.25, -0.2) is 4.79 Å². The number of amides is 3. The average molecular weight is 324 g/mol. The van der Waals surface area contributed by atoms with Crippen LogP contribution in [0.25, 0.3) is 0 Å². The maximum Gasteiger partial charge on any atom is 0.325 e. The number of urea groups is 1. The van der Waals surface area contributed by atoms with Crippen LogP contribution >= 0.6 is 0 Å². The maximum atomic E-state index is 12.8. The molecule has 1 saturated heterocycles. The molecule has 1 aliphatic rings. The number of imide groups is 1. The van der Waals surface area contributed by atoms with Crippen LogP contribution in [0.2, 0.25) is 0 Å². The second kappa shape index (κ2) is 6.09. The molecule has 5 nitrogen and oxygen atoms in total. The highest BCUT2D eigenvalue weighted by atomic mass is 16.3. The molecule has 3 amide bonds. The summed E-state index contributed by atoms with van der Waals surface area (Å²) in [6.45, 7) is 3.58. The summed E-state index contributed by atoms with van der Waals surface area (Å²) in [6, 6.07) is 16.0. The number of carbonyl (C=O) groups is 2. The molecule has 3 rings (SSSR count). The molecule has 2 aromatic carbocycles. The van der Waals surface area contributed by atoms with Gasteiger partial charge in [-0.15, -0.1) is 0 Å². The number of aryl methyl sites for hydroxylation is 1. The van der Waals surface area contributed by atoms with E-state index < -0.39 is 17.7 Å². The number of aliphatic hydroxyl groups is 1. The van der Waals surface area contributed by atoms with Crippen LogP contribution in [-0.4, -0.2) is 28.5 Å². The monoisotopic (exact) mass is 324 g/mol. The molecule has 0 spiro atoms. The molecule has 0 saturated carbocycles. The zero-order valence-corrected chi connectivity index (χ0v) is 13.7. The van der Waals surface area contributed by atoms with Crippen molar-refractivity contribution in [3.63, 3.8) is 0 Å². The maximum absolute atomic E-state index is 12.8. The van der Waals surface area contributed by atoms with E-state index in [4.69, 9.17) is 0 Å². The summed E-state index contributed by atoms with van der Waals surface area (Å²) in [6.07, 6.45) is -0.915. The summed E-state index contributed by atoms with van der Waals surface area (Å²) in [7, 11) is 0. The Bertz CT molecular complexity index is 758. The van der Waals surface area contributed by atoms with Crippen molar-refractivity contribution in [2.24, 2.45) is 0 Å². The lowest BCUT2D eigenvalue weighted by Crippen LogP contribution is -2.41. The molecule has 0 aromatic heterocycles. The largest absolute Gasteiger partial charge is 0.387 e. The molecule has 24 heavy (non-hydrogen) atoms. The second-order valence-corrected chi connectivity index (χ2v) is 6.26. The number of nitrogens with zero attached hydrogens (tertiary/aromatic N) is 1. The predicted molar refractivity (Wildman–Crippen MR) is 90.2 cm³/mol. The first-order valence-electron chi connectivity index (χ1n) is 7.86. The van der Waals surface area contributed by atoms with E-state index >= 15 is 0 Å². The Morgan fingerprint density at radius 1 is 1.08 bits per heavy atom. The molecule has 0 aliphatic carbocycles. The van der Waals surface area contributed by atoms with Gasteiger partial charge < -0.3 is 10.4 Å². The highest BCUT2D eigenvalue weighted by Gasteiger charge is 2.49. The molecular formula is C19H20N2O3. The topological polar surface area (TPSA) is 69.6 Å². The molecule has 0 bridgehead atoms. The highest BCUT2D eigenvalue weighted by molar-refractivity contribution is 6.07. The molecule has 0 radical (unpaired) electrons. The zero-order valence-electron chi connectivity index (χ0n) is 13.7. The third-order valence-corrected chi connectivity index (χ3v) is 4.44. The number of β-amino-alcohol motifs (C(OH)–C–C–N with tert-alkyl or cyclic N) is 1. The third kappa shape index (κ3) is 2.78. The molecule has 5 heteroatoms. The van der Waals surface area contributed by atoms with Crippen molar-refractivity contribution in [2.75, 3.05) is 6.54 Å². The van der Waals surface area contributed by atoms with Gasteiger partial charge in [-0.2, -0.15) is 0 Å². The van der Waals surface area contributed by atoms with Gasteiger partial charge in [0.25, 0.3) is 5.91 Å². The number of rotatable bonds is 4. The average Bonchev–Trinajstić information content (AvgIpc) is 2.80. The van der Waals surface area contributed by atoms with E-state index in [1.54, 1.807) is 31.2 Å². The minimum absolute atomic E-state index is 0.0733. The molecule has 124 valence electrons. The lowest BCUT2D eigenvalue weighted by atomic mass is 9.91. The van der Waals surface area contributed by atoms with Gasteiger partial charge >= 0.3 is 6.03 Å². The van der Waals surface area contributed by atoms with Crippen molar-refractivity contribution in [1.82, 2.24) is 10.2 Å². The van der Waals surface area contributed by atoms with Gasteiger partial charge in [0.1, 0.15) is 5.54 Å². The number of benzene rings is 2. The molecule has 2 N–H and O–H groups in total. The van der Waals surface area contributed by atoms with E-state index in [0.29, 0.717) is 5.56 Å². The number of hydrogen-bond acceptors (Lipinski definition) is 3. The fraction of sp³-hybridized carbons (Fsp3) is 0.263. The van der Waals surface area contributed by atoms with Gasteiger partial charge in [0.2, 0.25) is 0 Å². The van der Waals surface area contributed by atoms with Crippen LogP contribution in [0.1, 0.15) is 29.7 Å². The van der Waals surface area contributed by atoms with Gasteiger partial charge in [-0.1, -0.05) is 60.2 Å². The second-order valence-electron chi connectivity index (χ2n) is 6.26. The van der Waals surface area contributed by atoms with Crippen LogP contribution in [0.4, 0.5) is 4.79 Å². The Kier molecular flexibility index (Phi) is 4.11. The van der Waals surface area contributed by atoms with Crippen molar-refractivity contribution in [2.45, 2.75) is 25.5 Å². The summed E-state index contributed by atoms with van der Waals surface area (Å²) in [5.74, 6) is -0.355. The van der Waals surface area contributed by atoms with Gasteiger partial charge in [-0.05, 0) is 25.0 Å². The predicted octanol–water partition coefficient (Wildman–Crippen LogP) is 2.50. The van der Waals surface area contributed by atoms with Gasteiger partial charge in [0, 0.05) is 0 Å². The SMILES string of the molecule is Cc1ccc([C@]2(C)NC(=O)N(C[C@H](O)c3ccccc3)C2=O)cc1. The van der Waals surface area contributed by atoms with Crippen LogP contribution in [0, 0.1) is 6.92 Å². The first-order valence-corrected chi connectivity index (χ1v) is 7.86. The van der Waals surface area contributed by atoms with Gasteiger partial charge in [-0.3, -0.25) is 9.69 Å². The number of nitrogens with one attached hydrogen (secondary N) is 1. The lowest BCUT2D eigenvalue weighted by molar-refractivity contribution is -0.132. The Hall–Kier alpha value is -2.66. The minimum atomic E-state index is -1.11. The van der Waals surface area contributed by atoms with Gasteiger partial charge in [0.15, 0.2) is 0 Å². The Morgan fingerprint density at radius 3 is 2.33 bits per heavy atom. The van der Waals surface area contributed by atoms with Crippen molar-refractivity contribution in [1.29, 1.82) is 0 Å². The van der Waals surface area contributed by atoms with Crippen molar-refractivity contribution >= 4 is 11.9 Å². The van der Waals surface area contributed by atoms with Crippen LogP contribution in [0.15, 0.2) is 54.6 Å². The van der Waals surface area contributed by atoms with E-state index in [-0.39, 0.29) is 12.5 Å². The van der Waals surface area contributed by atoms with E-state index in [9.17, 15) is 14.7 Å². The Balaban J connectivity index is 1.82. The molecule has 1 fully saturated rings. The molecule has 0 unspecified atom stereocenters. The first-order chi connectivity index (χ1) is 11.4. The van der Waals surface area contributed by atoms with Gasteiger partial charge in [0.05, 0.1) is 12.6 Å². The highest BCUT2D eigenvalue weighted by Crippen LogP contribution is 2.30. The number of hydrogen-bond donors (Lipinski definition) is 2. The summed E-state index contributed by atoms with van der Waals surface area (Å²) >= 11 is 0. The number of aliphatic hydroxyl groups excluding tert-OH is 1. The van der Waals surface area contributed by atoms with E-state index in [1.165, 1.54) is 0 Å². The fourth-order valence-electron chi connectivity index (χ4n) is 2.90. The van der Waals surface area contributed by atoms with E-state index in [1.807, 2.05) is 37.3 Å². The fourth-order valence-corrected chi connectivity index (χ4v) is 2.90. The Labute approximate surface area is 140 Å². The molecule has 2 atom stereocenters. The van der Waals surface area contributed by atoms with Crippen LogP contribution < -0.4 is 5.32 Å². The van der Waals surface area contributed by atoms with E-state index in [0.717, 1.165) is 16.0 Å². The lowest BCUT2D eigenvalue weighted by Gasteiger charge is -2.23. The van der Waals surface area contributed by atoms with Crippen molar-refractivity contribution in [3.8, 4) is 0 Å². The smallest absolute Gasteiger partial charge is 0.325 e. The zero-order chi connectivity index (χ0) is 17.3. The van der Waals surface area contributed by atoms with E-state index in [2.05, 4.69) is 5.32 Å². The molecule has 2 aromatic rings. The normalized spacial score (nSPS) is 21.7. The number of carbonyl (C=O) groups excluding carboxylic acids is 2. The van der Waals surface area contributed by atoms with Crippen molar-refractivity contribution in [3.05, 3.63) is 71.3 Å². The summed E-state index contributed by atoms with van der Waals surface area (Å²) in [4.78, 5) is 26.2. The molecule has 1 aliphatic heterocycles.